The average Bonchev–Trinajstić information content (AvgIpc) is 1.68. The number of carbonyl (C=O) groups is 1. The van der Waals surface area contributed by atoms with Gasteiger partial charge in [-0.25, -0.2) is 4.79 Å². The number of hydrogen-bond acceptors (Lipinski definition) is 2. The van der Waals surface area contributed by atoms with Crippen molar-refractivity contribution in [3.63, 3.8) is 0 Å². The van der Waals surface area contributed by atoms with Gasteiger partial charge in [0.15, 0.2) is 0 Å². The number of hydrogen-bond donors (Lipinski definition) is 1. The van der Waals surface area contributed by atoms with E-state index >= 15 is 0 Å². The van der Waals surface area contributed by atoms with E-state index in [-0.39, 0.29) is 0 Å². The average molecular weight is 121 g/mol. The predicted octanol–water partition coefficient (Wildman–Crippen LogP) is 0.175. The smallest absolute Gasteiger partial charge is 0.407 e. The van der Waals surface area contributed by atoms with Gasteiger partial charge in [0.05, 0.1) is 0 Å². The molecule has 0 aromatic carbocycles. The summed E-state index contributed by atoms with van der Waals surface area (Å²) < 4.78 is 4.40. The monoisotopic (exact) mass is 121 g/mol. The van der Waals surface area contributed by atoms with Crippen LogP contribution in [-0.2, 0) is 4.74 Å². The van der Waals surface area contributed by atoms with Crippen molar-refractivity contribution in [1.29, 1.82) is 0 Å². The lowest BCUT2D eigenvalue weighted by atomic mass is 11.1. The molecule has 0 saturated carbocycles. The summed E-state index contributed by atoms with van der Waals surface area (Å²) >= 11 is 0. The maximum absolute atomic E-state index is 10.1. The zero-order valence-electron chi connectivity index (χ0n) is 4.10. The van der Waals surface area contributed by atoms with E-state index in [1.165, 1.54) is 7.05 Å². The van der Waals surface area contributed by atoms with Crippen molar-refractivity contribution in [3.05, 3.63) is 0 Å². The molecule has 0 spiro atoms. The van der Waals surface area contributed by atoms with E-state index in [0.29, 0.717) is 6.35 Å². The summed E-state index contributed by atoms with van der Waals surface area (Å²) in [7, 11) is 3.79. The fourth-order valence-electron chi connectivity index (χ4n) is 0.148. The molecule has 0 bridgehead atoms. The Morgan fingerprint density at radius 3 is 2.71 bits per heavy atom. The van der Waals surface area contributed by atoms with Gasteiger partial charge in [-0.1, -0.05) is 9.24 Å². The van der Waals surface area contributed by atoms with Crippen LogP contribution in [0.1, 0.15) is 0 Å². The van der Waals surface area contributed by atoms with Crippen LogP contribution in [0.25, 0.3) is 0 Å². The molecule has 0 aromatic rings. The Labute approximate surface area is 44.6 Å². The molecule has 0 aliphatic rings. The Balaban J connectivity index is 3.00. The Kier molecular flexibility index (Phi) is 3.71. The minimum absolute atomic E-state index is 0.347. The third kappa shape index (κ3) is 3.53. The lowest BCUT2D eigenvalue weighted by Gasteiger charge is -1.95. The highest BCUT2D eigenvalue weighted by Gasteiger charge is 1.89. The van der Waals surface area contributed by atoms with Crippen molar-refractivity contribution in [2.45, 2.75) is 0 Å². The molecule has 42 valence electrons. The molecular weight excluding hydrogens is 113 g/mol. The second-order valence-electron chi connectivity index (χ2n) is 0.848. The van der Waals surface area contributed by atoms with Crippen LogP contribution in [0, 0.1) is 0 Å². The van der Waals surface area contributed by atoms with Crippen LogP contribution in [0.5, 0.6) is 0 Å². The van der Waals surface area contributed by atoms with Gasteiger partial charge < -0.3 is 10.1 Å². The van der Waals surface area contributed by atoms with Gasteiger partial charge in [-0.05, 0) is 0 Å². The predicted molar refractivity (Wildman–Crippen MR) is 30.1 cm³/mol. The molecule has 0 aliphatic carbocycles. The van der Waals surface area contributed by atoms with E-state index in [4.69, 9.17) is 0 Å². The third-order valence-electron chi connectivity index (χ3n) is 0.419. The van der Waals surface area contributed by atoms with Crippen LogP contribution >= 0.6 is 9.24 Å². The molecule has 0 saturated heterocycles. The number of carbonyl (C=O) groups excluding carboxylic acids is 1. The molecule has 7 heavy (non-hydrogen) atoms. The van der Waals surface area contributed by atoms with Gasteiger partial charge in [0.25, 0.3) is 0 Å². The normalized spacial score (nSPS) is 7.71. The van der Waals surface area contributed by atoms with Crippen LogP contribution < -0.4 is 5.32 Å². The summed E-state index contributed by atoms with van der Waals surface area (Å²) in [5, 5.41) is 2.29. The number of amides is 1. The molecule has 0 fully saturated rings. The Morgan fingerprint density at radius 1 is 2.00 bits per heavy atom. The van der Waals surface area contributed by atoms with Crippen LogP contribution in [0.2, 0.25) is 0 Å². The van der Waals surface area contributed by atoms with Gasteiger partial charge in [0.1, 0.15) is 6.35 Å². The van der Waals surface area contributed by atoms with Crippen molar-refractivity contribution in [3.8, 4) is 0 Å². The zero-order valence-corrected chi connectivity index (χ0v) is 5.26. The van der Waals surface area contributed by atoms with Gasteiger partial charge in [-0.15, -0.1) is 0 Å². The van der Waals surface area contributed by atoms with E-state index in [2.05, 4.69) is 19.3 Å². The van der Waals surface area contributed by atoms with Crippen molar-refractivity contribution < 1.29 is 9.53 Å². The Bertz CT molecular complexity index is 66.0. The Morgan fingerprint density at radius 2 is 2.57 bits per heavy atom. The van der Waals surface area contributed by atoms with E-state index in [1.54, 1.807) is 0 Å². The van der Waals surface area contributed by atoms with Gasteiger partial charge in [-0.2, -0.15) is 0 Å². The summed E-state index contributed by atoms with van der Waals surface area (Å²) in [5.41, 5.74) is 0. The van der Waals surface area contributed by atoms with Crippen molar-refractivity contribution in [2.24, 2.45) is 0 Å². The van der Waals surface area contributed by atoms with Crippen molar-refractivity contribution >= 4 is 15.3 Å². The molecule has 0 aliphatic heterocycles. The second-order valence-corrected chi connectivity index (χ2v) is 1.18. The lowest BCUT2D eigenvalue weighted by Crippen LogP contribution is -2.18. The SMILES string of the molecule is CNC(=O)OCP. The van der Waals surface area contributed by atoms with Crippen LogP contribution in [-0.4, -0.2) is 19.5 Å². The number of alkyl carbamates (subject to hydrolysis) is 1. The minimum Gasteiger partial charge on any atom is -0.446 e. The van der Waals surface area contributed by atoms with Crippen LogP contribution in [0.15, 0.2) is 0 Å². The zero-order chi connectivity index (χ0) is 5.70. The largest absolute Gasteiger partial charge is 0.446 e. The van der Waals surface area contributed by atoms with E-state index in [9.17, 15) is 4.79 Å². The molecule has 0 radical (unpaired) electrons. The molecule has 1 N–H and O–H groups in total. The highest BCUT2D eigenvalue weighted by atomic mass is 31.0. The van der Waals surface area contributed by atoms with E-state index < -0.39 is 6.09 Å². The lowest BCUT2D eigenvalue weighted by molar-refractivity contribution is 0.168. The molecule has 3 nitrogen and oxygen atoms in total. The first-order chi connectivity index (χ1) is 3.31. The van der Waals surface area contributed by atoms with Gasteiger partial charge >= 0.3 is 6.09 Å². The minimum atomic E-state index is -0.394. The fourth-order valence-corrected chi connectivity index (χ4v) is 0.299. The first-order valence-electron chi connectivity index (χ1n) is 1.86. The Hall–Kier alpha value is -0.300. The third-order valence-corrected chi connectivity index (χ3v) is 0.585. The highest BCUT2D eigenvalue weighted by Crippen LogP contribution is 1.81. The molecule has 0 aromatic heterocycles. The maximum atomic E-state index is 10.1. The molecule has 1 unspecified atom stereocenters. The standard InChI is InChI=1S/C3H8NO2P/c1-4-3(5)6-2-7/h2,7H2,1H3,(H,4,5). The van der Waals surface area contributed by atoms with Gasteiger partial charge in [-0.3, -0.25) is 0 Å². The van der Waals surface area contributed by atoms with E-state index in [1.807, 2.05) is 0 Å². The summed E-state index contributed by atoms with van der Waals surface area (Å²) in [6, 6.07) is 0. The van der Waals surface area contributed by atoms with Gasteiger partial charge in [0.2, 0.25) is 0 Å². The number of rotatable bonds is 1. The van der Waals surface area contributed by atoms with Crippen LogP contribution in [0.4, 0.5) is 4.79 Å². The fraction of sp³-hybridized carbons (Fsp3) is 0.667. The molecule has 4 heteroatoms. The molecular formula is C3H8NO2P. The van der Waals surface area contributed by atoms with E-state index in [0.717, 1.165) is 0 Å². The molecule has 1 atom stereocenters. The maximum Gasteiger partial charge on any atom is 0.407 e. The first-order valence-corrected chi connectivity index (χ1v) is 2.67. The first kappa shape index (κ1) is 6.70. The second kappa shape index (κ2) is 3.88. The summed E-state index contributed by atoms with van der Waals surface area (Å²) in [6.07, 6.45) is -0.0466. The quantitative estimate of drug-likeness (QED) is 0.502. The van der Waals surface area contributed by atoms with Crippen molar-refractivity contribution in [2.75, 3.05) is 13.4 Å². The van der Waals surface area contributed by atoms with Gasteiger partial charge in [0, 0.05) is 7.05 Å². The number of ether oxygens (including phenoxy) is 1. The number of nitrogens with one attached hydrogen (secondary N) is 1. The summed E-state index contributed by atoms with van der Waals surface area (Å²) in [4.78, 5) is 10.1. The van der Waals surface area contributed by atoms with Crippen molar-refractivity contribution in [1.82, 2.24) is 5.32 Å². The topological polar surface area (TPSA) is 38.3 Å². The highest BCUT2D eigenvalue weighted by molar-refractivity contribution is 7.16. The molecule has 0 rings (SSSR count). The molecule has 1 amide bonds. The molecule has 0 heterocycles. The summed E-state index contributed by atoms with van der Waals surface area (Å²) in [6.45, 7) is 0. The van der Waals surface area contributed by atoms with Crippen LogP contribution in [0.3, 0.4) is 0 Å². The summed E-state index contributed by atoms with van der Waals surface area (Å²) in [5.74, 6) is 0.